The van der Waals surface area contributed by atoms with E-state index in [0.717, 1.165) is 12.1 Å². The maximum Gasteiger partial charge on any atom is 0.344 e. The number of hydrogen-bond acceptors (Lipinski definition) is 6. The minimum atomic E-state index is -0.774. The van der Waals surface area contributed by atoms with Gasteiger partial charge in [0, 0.05) is 12.5 Å². The lowest BCUT2D eigenvalue weighted by Crippen LogP contribution is -2.27. The highest BCUT2D eigenvalue weighted by molar-refractivity contribution is 5.76. The lowest BCUT2D eigenvalue weighted by atomic mass is 10.2. The highest BCUT2D eigenvalue weighted by Gasteiger charge is 2.18. The van der Waals surface area contributed by atoms with Gasteiger partial charge in [-0.25, -0.2) is 18.6 Å². The van der Waals surface area contributed by atoms with Crippen molar-refractivity contribution in [3.63, 3.8) is 0 Å². The van der Waals surface area contributed by atoms with Crippen LogP contribution in [0.1, 0.15) is 33.1 Å². The number of nitrogens with zero attached hydrogens (tertiary/aromatic N) is 1. The molecule has 0 fully saturated rings. The summed E-state index contributed by atoms with van der Waals surface area (Å²) in [7, 11) is 0. The van der Waals surface area contributed by atoms with Gasteiger partial charge < -0.3 is 13.9 Å². The first-order chi connectivity index (χ1) is 12.1. The molecule has 0 N–H and O–H groups in total. The van der Waals surface area contributed by atoms with Crippen LogP contribution in [0.25, 0.3) is 11.3 Å². The van der Waals surface area contributed by atoms with Crippen molar-refractivity contribution in [1.29, 1.82) is 0 Å². The number of halogens is 2. The lowest BCUT2D eigenvalue weighted by Gasteiger charge is -2.19. The quantitative estimate of drug-likeness (QED) is 0.728. The maximum atomic E-state index is 13.7. The van der Waals surface area contributed by atoms with Gasteiger partial charge in [-0.15, -0.1) is 0 Å². The molecular formula is C18H19F2NO5. The second-order valence-electron chi connectivity index (χ2n) is 6.49. The van der Waals surface area contributed by atoms with Gasteiger partial charge >= 0.3 is 11.9 Å². The summed E-state index contributed by atoms with van der Waals surface area (Å²) in [6.45, 7) is 4.64. The maximum absolute atomic E-state index is 13.7. The molecule has 2 aromatic rings. The third kappa shape index (κ3) is 5.94. The highest BCUT2D eigenvalue weighted by Crippen LogP contribution is 2.24. The minimum Gasteiger partial charge on any atom is -0.457 e. The molecule has 1 heterocycles. The van der Waals surface area contributed by atoms with Gasteiger partial charge in [-0.3, -0.25) is 4.79 Å². The van der Waals surface area contributed by atoms with Crippen LogP contribution < -0.4 is 0 Å². The van der Waals surface area contributed by atoms with Gasteiger partial charge in [-0.2, -0.15) is 0 Å². The molecule has 1 aromatic carbocycles. The molecule has 0 amide bonds. The van der Waals surface area contributed by atoms with Crippen molar-refractivity contribution in [2.45, 2.75) is 39.2 Å². The fourth-order valence-corrected chi connectivity index (χ4v) is 2.03. The number of carbonyl (C=O) groups is 2. The van der Waals surface area contributed by atoms with Crippen LogP contribution in [0.2, 0.25) is 0 Å². The zero-order chi connectivity index (χ0) is 19.3. The third-order valence-corrected chi connectivity index (χ3v) is 3.06. The molecule has 0 saturated heterocycles. The monoisotopic (exact) mass is 367 g/mol. The van der Waals surface area contributed by atoms with Gasteiger partial charge in [0.05, 0.1) is 18.2 Å². The van der Waals surface area contributed by atoms with Gasteiger partial charge in [-0.1, -0.05) is 0 Å². The summed E-state index contributed by atoms with van der Waals surface area (Å²) >= 11 is 0. The van der Waals surface area contributed by atoms with E-state index in [1.165, 1.54) is 12.3 Å². The Morgan fingerprint density at radius 1 is 1.19 bits per heavy atom. The topological polar surface area (TPSA) is 78.6 Å². The van der Waals surface area contributed by atoms with E-state index in [2.05, 4.69) is 4.98 Å². The number of aryl methyl sites for hydroxylation is 1. The van der Waals surface area contributed by atoms with Crippen molar-refractivity contribution < 1.29 is 32.3 Å². The predicted molar refractivity (Wildman–Crippen MR) is 87.0 cm³/mol. The van der Waals surface area contributed by atoms with Gasteiger partial charge in [0.2, 0.25) is 0 Å². The molecule has 0 aliphatic heterocycles. The third-order valence-electron chi connectivity index (χ3n) is 3.06. The van der Waals surface area contributed by atoms with E-state index in [0.29, 0.717) is 0 Å². The number of benzene rings is 1. The van der Waals surface area contributed by atoms with Crippen LogP contribution in [0.4, 0.5) is 8.78 Å². The molecule has 0 unspecified atom stereocenters. The van der Waals surface area contributed by atoms with Crippen molar-refractivity contribution in [2.75, 3.05) is 6.61 Å². The van der Waals surface area contributed by atoms with E-state index >= 15 is 0 Å². The minimum absolute atomic E-state index is 0.0673. The summed E-state index contributed by atoms with van der Waals surface area (Å²) in [4.78, 5) is 27.1. The average molecular weight is 367 g/mol. The molecule has 2 rings (SSSR count). The van der Waals surface area contributed by atoms with E-state index in [-0.39, 0.29) is 30.1 Å². The summed E-state index contributed by atoms with van der Waals surface area (Å²) in [6.07, 6.45) is 1.32. The smallest absolute Gasteiger partial charge is 0.344 e. The van der Waals surface area contributed by atoms with Gasteiger partial charge in [0.1, 0.15) is 17.2 Å². The van der Waals surface area contributed by atoms with Crippen molar-refractivity contribution in [3.8, 4) is 11.3 Å². The molecule has 0 spiro atoms. The summed E-state index contributed by atoms with van der Waals surface area (Å²) in [5, 5.41) is 0. The van der Waals surface area contributed by atoms with E-state index in [1.54, 1.807) is 20.8 Å². The number of carbonyl (C=O) groups excluding carboxylic acids is 2. The standard InChI is InChI=1S/C18H19F2NO5/c1-18(2,3)26-17(23)10-24-16(22)7-6-15-21-9-14(25-15)12-5-4-11(19)8-13(12)20/h4-5,8-9H,6-7,10H2,1-3H3. The molecule has 0 bridgehead atoms. The Morgan fingerprint density at radius 2 is 1.92 bits per heavy atom. The van der Waals surface area contributed by atoms with Crippen LogP contribution in [0, 0.1) is 11.6 Å². The molecule has 8 heteroatoms. The number of aromatic nitrogens is 1. The first-order valence-corrected chi connectivity index (χ1v) is 7.91. The van der Waals surface area contributed by atoms with Gasteiger partial charge in [-0.05, 0) is 32.9 Å². The van der Waals surface area contributed by atoms with Crippen molar-refractivity contribution >= 4 is 11.9 Å². The van der Waals surface area contributed by atoms with E-state index in [9.17, 15) is 18.4 Å². The van der Waals surface area contributed by atoms with Gasteiger partial charge in [0.15, 0.2) is 18.3 Å². The van der Waals surface area contributed by atoms with Crippen LogP contribution in [0.3, 0.4) is 0 Å². The molecule has 0 saturated carbocycles. The summed E-state index contributed by atoms with van der Waals surface area (Å²) < 4.78 is 41.8. The number of hydrogen-bond donors (Lipinski definition) is 0. The van der Waals surface area contributed by atoms with Crippen molar-refractivity contribution in [2.24, 2.45) is 0 Å². The molecule has 6 nitrogen and oxygen atoms in total. The van der Waals surface area contributed by atoms with E-state index in [1.807, 2.05) is 0 Å². The number of ether oxygens (including phenoxy) is 2. The van der Waals surface area contributed by atoms with Gasteiger partial charge in [0.25, 0.3) is 0 Å². The second kappa shape index (κ2) is 8.07. The fourth-order valence-electron chi connectivity index (χ4n) is 2.03. The number of rotatable bonds is 6. The number of oxazole rings is 1. The molecule has 26 heavy (non-hydrogen) atoms. The first-order valence-electron chi connectivity index (χ1n) is 7.91. The highest BCUT2D eigenvalue weighted by atomic mass is 19.1. The zero-order valence-electron chi connectivity index (χ0n) is 14.7. The molecule has 140 valence electrons. The molecule has 0 atom stereocenters. The molecule has 1 aromatic heterocycles. The van der Waals surface area contributed by atoms with Crippen LogP contribution in [-0.2, 0) is 25.5 Å². The van der Waals surface area contributed by atoms with Crippen LogP contribution in [0.5, 0.6) is 0 Å². The van der Waals surface area contributed by atoms with Crippen molar-refractivity contribution in [3.05, 3.63) is 41.9 Å². The SMILES string of the molecule is CC(C)(C)OC(=O)COC(=O)CCc1ncc(-c2ccc(F)cc2F)o1. The van der Waals surface area contributed by atoms with E-state index in [4.69, 9.17) is 13.9 Å². The van der Waals surface area contributed by atoms with Crippen LogP contribution >= 0.6 is 0 Å². The Bertz CT molecular complexity index is 795. The Hall–Kier alpha value is -2.77. The largest absolute Gasteiger partial charge is 0.457 e. The van der Waals surface area contributed by atoms with E-state index < -0.39 is 35.8 Å². The second-order valence-corrected chi connectivity index (χ2v) is 6.49. The molecular weight excluding hydrogens is 348 g/mol. The molecule has 0 radical (unpaired) electrons. The van der Waals surface area contributed by atoms with Crippen molar-refractivity contribution in [1.82, 2.24) is 4.98 Å². The summed E-state index contributed by atoms with van der Waals surface area (Å²) in [6, 6.07) is 3.09. The molecule has 0 aliphatic carbocycles. The number of esters is 2. The van der Waals surface area contributed by atoms with Crippen LogP contribution in [0.15, 0.2) is 28.8 Å². The fraction of sp³-hybridized carbons (Fsp3) is 0.389. The Labute approximate surface area is 149 Å². The summed E-state index contributed by atoms with van der Waals surface area (Å²) in [5.74, 6) is -2.42. The predicted octanol–water partition coefficient (Wildman–Crippen LogP) is 3.44. The first kappa shape index (κ1) is 19.6. The Morgan fingerprint density at radius 3 is 2.58 bits per heavy atom. The summed E-state index contributed by atoms with van der Waals surface area (Å²) in [5.41, 5.74) is -0.592. The molecule has 0 aliphatic rings. The lowest BCUT2D eigenvalue weighted by molar-refractivity contribution is -0.166. The Balaban J connectivity index is 1.84. The Kier molecular flexibility index (Phi) is 6.07. The average Bonchev–Trinajstić information content (AvgIpc) is 2.98. The zero-order valence-corrected chi connectivity index (χ0v) is 14.7. The normalized spacial score (nSPS) is 11.3. The van der Waals surface area contributed by atoms with Crippen LogP contribution in [-0.4, -0.2) is 29.1 Å².